The van der Waals surface area contributed by atoms with E-state index < -0.39 is 10.2 Å². The van der Waals surface area contributed by atoms with Gasteiger partial charge in [0.15, 0.2) is 0 Å². The fraction of sp³-hybridized carbons (Fsp3) is 0.688. The van der Waals surface area contributed by atoms with Crippen molar-refractivity contribution in [1.29, 1.82) is 0 Å². The normalized spacial score (nSPS) is 26.8. The van der Waals surface area contributed by atoms with E-state index >= 15 is 0 Å². The summed E-state index contributed by atoms with van der Waals surface area (Å²) in [4.78, 5) is 16.0. The molecule has 0 N–H and O–H groups in total. The van der Waals surface area contributed by atoms with Crippen molar-refractivity contribution >= 4 is 27.5 Å². The molecule has 9 heteroatoms. The molecule has 3 rings (SSSR count). The Hall–Kier alpha value is -1.00. The molecule has 2 aliphatic rings. The maximum Gasteiger partial charge on any atom is 0.282 e. The number of thiophene rings is 1. The van der Waals surface area contributed by atoms with Crippen LogP contribution in [0.2, 0.25) is 0 Å². The highest BCUT2D eigenvalue weighted by Crippen LogP contribution is 2.21. The van der Waals surface area contributed by atoms with Crippen LogP contribution in [-0.4, -0.2) is 79.3 Å². The largest absolute Gasteiger partial charge is 0.373 e. The third kappa shape index (κ3) is 4.06. The summed E-state index contributed by atoms with van der Waals surface area (Å²) in [5.74, 6) is -0.0104. The van der Waals surface area contributed by atoms with E-state index in [9.17, 15) is 13.2 Å². The average Bonchev–Trinajstić information content (AvgIpc) is 3.00. The van der Waals surface area contributed by atoms with E-state index in [2.05, 4.69) is 0 Å². The van der Waals surface area contributed by atoms with Crippen LogP contribution in [0.1, 0.15) is 28.4 Å². The number of amides is 1. The molecule has 0 spiro atoms. The zero-order valence-corrected chi connectivity index (χ0v) is 16.5. The van der Waals surface area contributed by atoms with Crippen LogP contribution in [-0.2, 0) is 14.9 Å². The van der Waals surface area contributed by atoms with E-state index in [0.717, 1.165) is 4.88 Å². The minimum atomic E-state index is -3.51. The third-order valence-corrected chi connectivity index (χ3v) is 7.47. The Bertz CT molecular complexity index is 715. The Labute approximate surface area is 153 Å². The van der Waals surface area contributed by atoms with Crippen molar-refractivity contribution in [2.24, 2.45) is 0 Å². The molecule has 1 amide bonds. The van der Waals surface area contributed by atoms with Crippen LogP contribution in [0.4, 0.5) is 0 Å². The van der Waals surface area contributed by atoms with Gasteiger partial charge < -0.3 is 9.64 Å². The SMILES string of the molecule is Cc1ccc(C(=O)N2CCN(S(=O)(=O)N3C[C@@H](C)O[C@H](C)C3)CC2)s1. The zero-order chi connectivity index (χ0) is 18.2. The minimum absolute atomic E-state index is 0.0104. The summed E-state index contributed by atoms with van der Waals surface area (Å²) in [6.07, 6.45) is -0.216. The van der Waals surface area contributed by atoms with Gasteiger partial charge in [0.25, 0.3) is 16.1 Å². The van der Waals surface area contributed by atoms with Gasteiger partial charge in [0.05, 0.1) is 17.1 Å². The number of hydrogen-bond acceptors (Lipinski definition) is 5. The van der Waals surface area contributed by atoms with Crippen LogP contribution >= 0.6 is 11.3 Å². The van der Waals surface area contributed by atoms with Gasteiger partial charge in [-0.2, -0.15) is 17.0 Å². The second kappa shape index (κ2) is 7.32. The van der Waals surface area contributed by atoms with Gasteiger partial charge in [-0.25, -0.2) is 0 Å². The Kier molecular flexibility index (Phi) is 5.50. The quantitative estimate of drug-likeness (QED) is 0.781. The number of rotatable bonds is 3. The molecule has 0 saturated carbocycles. The predicted octanol–water partition coefficient (Wildman–Crippen LogP) is 1.17. The first-order valence-corrected chi connectivity index (χ1v) is 10.7. The second-order valence-electron chi connectivity index (χ2n) is 6.68. The molecule has 1 aromatic heterocycles. The standard InChI is InChI=1S/C16H25N3O4S2/c1-12-10-19(11-13(2)23-12)25(21,22)18-8-6-17(7-9-18)16(20)15-5-4-14(3)24-15/h4-5,12-13H,6-11H2,1-3H3/t12-,13-/m1/s1. The van der Waals surface area contributed by atoms with Crippen LogP contribution in [0.15, 0.2) is 12.1 Å². The molecule has 3 heterocycles. The van der Waals surface area contributed by atoms with Gasteiger partial charge in [0.2, 0.25) is 0 Å². The fourth-order valence-electron chi connectivity index (χ4n) is 3.31. The van der Waals surface area contributed by atoms with Gasteiger partial charge in [-0.3, -0.25) is 4.79 Å². The van der Waals surface area contributed by atoms with Gasteiger partial charge in [-0.1, -0.05) is 0 Å². The van der Waals surface area contributed by atoms with Crippen molar-refractivity contribution < 1.29 is 17.9 Å². The summed E-state index contributed by atoms with van der Waals surface area (Å²) in [7, 11) is -3.51. The summed E-state index contributed by atoms with van der Waals surface area (Å²) < 4.78 is 34.4. The lowest BCUT2D eigenvalue weighted by Gasteiger charge is -2.40. The highest BCUT2D eigenvalue weighted by molar-refractivity contribution is 7.86. The smallest absolute Gasteiger partial charge is 0.282 e. The molecule has 0 aromatic carbocycles. The molecular formula is C16H25N3O4S2. The molecule has 25 heavy (non-hydrogen) atoms. The molecule has 2 fully saturated rings. The molecule has 1 aromatic rings. The average molecular weight is 388 g/mol. The Balaban J connectivity index is 1.62. The number of hydrogen-bond donors (Lipinski definition) is 0. The van der Waals surface area contributed by atoms with Crippen LogP contribution in [0, 0.1) is 6.92 Å². The Morgan fingerprint density at radius 1 is 1.08 bits per heavy atom. The number of morpholine rings is 1. The highest BCUT2D eigenvalue weighted by atomic mass is 32.2. The molecule has 0 radical (unpaired) electrons. The van der Waals surface area contributed by atoms with E-state index in [1.54, 1.807) is 4.90 Å². The number of aryl methyl sites for hydroxylation is 1. The molecule has 2 saturated heterocycles. The molecule has 2 atom stereocenters. The van der Waals surface area contributed by atoms with Gasteiger partial charge in [-0.05, 0) is 32.9 Å². The summed E-state index contributed by atoms with van der Waals surface area (Å²) >= 11 is 1.47. The molecule has 140 valence electrons. The number of carbonyl (C=O) groups is 1. The van der Waals surface area contributed by atoms with Crippen molar-refractivity contribution in [3.8, 4) is 0 Å². The van der Waals surface area contributed by atoms with Crippen molar-refractivity contribution in [2.45, 2.75) is 33.0 Å². The monoisotopic (exact) mass is 387 g/mol. The van der Waals surface area contributed by atoms with Crippen LogP contribution in [0.25, 0.3) is 0 Å². The van der Waals surface area contributed by atoms with Gasteiger partial charge >= 0.3 is 0 Å². The van der Waals surface area contributed by atoms with Crippen LogP contribution in [0.5, 0.6) is 0 Å². The van der Waals surface area contributed by atoms with Crippen molar-refractivity contribution in [3.63, 3.8) is 0 Å². The highest BCUT2D eigenvalue weighted by Gasteiger charge is 2.37. The van der Waals surface area contributed by atoms with E-state index in [4.69, 9.17) is 4.74 Å². The second-order valence-corrected chi connectivity index (χ2v) is 9.90. The van der Waals surface area contributed by atoms with E-state index in [-0.39, 0.29) is 18.1 Å². The van der Waals surface area contributed by atoms with E-state index in [0.29, 0.717) is 44.1 Å². The molecular weight excluding hydrogens is 362 g/mol. The zero-order valence-electron chi connectivity index (χ0n) is 14.8. The Morgan fingerprint density at radius 2 is 1.68 bits per heavy atom. The van der Waals surface area contributed by atoms with E-state index in [1.807, 2.05) is 32.9 Å². The van der Waals surface area contributed by atoms with Gasteiger partial charge in [-0.15, -0.1) is 11.3 Å². The summed E-state index contributed by atoms with van der Waals surface area (Å²) in [5, 5.41) is 0. The first kappa shape index (κ1) is 18.8. The number of piperazine rings is 1. The van der Waals surface area contributed by atoms with Gasteiger partial charge in [0.1, 0.15) is 0 Å². The first-order valence-electron chi connectivity index (χ1n) is 8.54. The van der Waals surface area contributed by atoms with E-state index in [1.165, 1.54) is 19.9 Å². The van der Waals surface area contributed by atoms with Crippen LogP contribution in [0.3, 0.4) is 0 Å². The molecule has 7 nitrogen and oxygen atoms in total. The van der Waals surface area contributed by atoms with Gasteiger partial charge in [0, 0.05) is 44.1 Å². The minimum Gasteiger partial charge on any atom is -0.373 e. The topological polar surface area (TPSA) is 70.2 Å². The predicted molar refractivity (Wildman–Crippen MR) is 97.0 cm³/mol. The number of carbonyl (C=O) groups excluding carboxylic acids is 1. The molecule has 0 unspecified atom stereocenters. The molecule has 0 bridgehead atoms. The number of ether oxygens (including phenoxy) is 1. The lowest BCUT2D eigenvalue weighted by atomic mass is 10.3. The number of nitrogens with zero attached hydrogens (tertiary/aromatic N) is 3. The maximum atomic E-state index is 12.9. The molecule has 2 aliphatic heterocycles. The molecule has 0 aliphatic carbocycles. The lowest BCUT2D eigenvalue weighted by Crippen LogP contribution is -2.57. The van der Waals surface area contributed by atoms with Crippen LogP contribution < -0.4 is 0 Å². The Morgan fingerprint density at radius 3 is 2.20 bits per heavy atom. The summed E-state index contributed by atoms with van der Waals surface area (Å²) in [6.45, 7) is 8.00. The fourth-order valence-corrected chi connectivity index (χ4v) is 5.89. The lowest BCUT2D eigenvalue weighted by molar-refractivity contribution is -0.0457. The van der Waals surface area contributed by atoms with Crippen molar-refractivity contribution in [3.05, 3.63) is 21.9 Å². The summed E-state index contributed by atoms with van der Waals surface area (Å²) in [6, 6.07) is 3.77. The van der Waals surface area contributed by atoms with Crippen molar-refractivity contribution in [1.82, 2.24) is 13.5 Å². The first-order chi connectivity index (χ1) is 11.8. The third-order valence-electron chi connectivity index (χ3n) is 4.52. The summed E-state index contributed by atoms with van der Waals surface area (Å²) in [5.41, 5.74) is 0. The van der Waals surface area contributed by atoms with Crippen molar-refractivity contribution in [2.75, 3.05) is 39.3 Å². The maximum absolute atomic E-state index is 12.9.